The number of hydrogen-bond donors (Lipinski definition) is 0. The number of imidazole rings is 1. The van der Waals surface area contributed by atoms with E-state index in [-0.39, 0.29) is 5.82 Å². The molecule has 0 saturated carbocycles. The van der Waals surface area contributed by atoms with Crippen LogP contribution in [0.25, 0.3) is 0 Å². The minimum atomic E-state index is -2.13. The third-order valence-electron chi connectivity index (χ3n) is 3.21. The van der Waals surface area contributed by atoms with Crippen molar-refractivity contribution in [3.63, 3.8) is 0 Å². The molecule has 1 aliphatic rings. The Labute approximate surface area is 106 Å². The molecule has 0 unspecified atom stereocenters. The summed E-state index contributed by atoms with van der Waals surface area (Å²) in [6.45, 7) is 1.05. The van der Waals surface area contributed by atoms with Crippen molar-refractivity contribution < 1.29 is 4.11 Å². The molecule has 0 atom stereocenters. The molecule has 2 aromatic rings. The molecule has 3 nitrogen and oxygen atoms in total. The minimum absolute atomic E-state index is 0.215. The Balaban J connectivity index is 1.75. The van der Waals surface area contributed by atoms with Gasteiger partial charge in [0, 0.05) is 36.5 Å². The van der Waals surface area contributed by atoms with E-state index in [4.69, 9.17) is 4.11 Å². The molecule has 0 spiro atoms. The molecule has 0 amide bonds. The lowest BCUT2D eigenvalue weighted by atomic mass is 10.2. The van der Waals surface area contributed by atoms with Crippen LogP contribution in [0.2, 0.25) is 0 Å². The normalized spacial score (nSPS) is 19.2. The Morgan fingerprint density at radius 3 is 3.00 bits per heavy atom. The summed E-state index contributed by atoms with van der Waals surface area (Å²) >= 11 is 0. The Kier molecular flexibility index (Phi) is 1.96. The molecular formula is C14H17N3. The van der Waals surface area contributed by atoms with Crippen molar-refractivity contribution in [2.24, 2.45) is 0 Å². The van der Waals surface area contributed by atoms with E-state index in [9.17, 15) is 0 Å². The van der Waals surface area contributed by atoms with E-state index in [0.29, 0.717) is 6.54 Å². The molecule has 3 rings (SSSR count). The van der Waals surface area contributed by atoms with Gasteiger partial charge in [0.1, 0.15) is 5.82 Å². The Morgan fingerprint density at radius 2 is 2.18 bits per heavy atom. The van der Waals surface area contributed by atoms with Crippen LogP contribution in [0.5, 0.6) is 0 Å². The van der Waals surface area contributed by atoms with E-state index >= 15 is 0 Å². The average molecular weight is 230 g/mol. The molecule has 0 radical (unpaired) electrons. The minimum Gasteiger partial charge on any atom is -0.330 e. The number of fused-ring (bicyclic) bond motifs is 1. The molecule has 0 aliphatic carbocycles. The number of rotatable bonds is 2. The van der Waals surface area contributed by atoms with E-state index in [1.807, 2.05) is 22.8 Å². The second kappa shape index (κ2) is 4.34. The lowest BCUT2D eigenvalue weighted by Crippen LogP contribution is -2.33. The molecule has 3 heteroatoms. The van der Waals surface area contributed by atoms with Gasteiger partial charge in [-0.1, -0.05) is 30.3 Å². The highest BCUT2D eigenvalue weighted by Crippen LogP contribution is 2.16. The van der Waals surface area contributed by atoms with Gasteiger partial charge in [0.25, 0.3) is 0 Å². The van der Waals surface area contributed by atoms with Gasteiger partial charge in [-0.25, -0.2) is 4.98 Å². The highest BCUT2D eigenvalue weighted by molar-refractivity contribution is 5.15. The van der Waals surface area contributed by atoms with E-state index in [2.05, 4.69) is 22.0 Å². The lowest BCUT2D eigenvalue weighted by Gasteiger charge is -2.28. The van der Waals surface area contributed by atoms with Crippen LogP contribution in [-0.2, 0) is 19.6 Å². The first kappa shape index (κ1) is 7.67. The van der Waals surface area contributed by atoms with Crippen molar-refractivity contribution in [2.45, 2.75) is 26.5 Å². The topological polar surface area (TPSA) is 21.1 Å². The van der Waals surface area contributed by atoms with Gasteiger partial charge in [0.2, 0.25) is 0 Å². The first-order valence-electron chi connectivity index (χ1n) is 7.35. The molecule has 0 bridgehead atoms. The van der Waals surface area contributed by atoms with Gasteiger partial charge in [-0.2, -0.15) is 0 Å². The van der Waals surface area contributed by atoms with Crippen molar-refractivity contribution in [2.75, 3.05) is 6.54 Å². The highest BCUT2D eigenvalue weighted by atomic mass is 15.2. The summed E-state index contributed by atoms with van der Waals surface area (Å²) in [6.07, 6.45) is 1.69. The molecular weight excluding hydrogens is 210 g/mol. The van der Waals surface area contributed by atoms with Crippen molar-refractivity contribution in [1.82, 2.24) is 14.5 Å². The first-order chi connectivity index (χ1) is 9.54. The molecule has 0 saturated heterocycles. The Hall–Kier alpha value is -1.61. The van der Waals surface area contributed by atoms with Crippen LogP contribution < -0.4 is 0 Å². The van der Waals surface area contributed by atoms with Gasteiger partial charge >= 0.3 is 0 Å². The molecule has 1 aromatic heterocycles. The predicted octanol–water partition coefficient (Wildman–Crippen LogP) is 2.21. The number of aryl methyl sites for hydroxylation is 1. The van der Waals surface area contributed by atoms with Gasteiger partial charge in [-0.3, -0.25) is 4.90 Å². The highest BCUT2D eigenvalue weighted by Gasteiger charge is 2.17. The number of nitrogens with zero attached hydrogens (tertiary/aromatic N) is 3. The largest absolute Gasteiger partial charge is 0.330 e. The van der Waals surface area contributed by atoms with Gasteiger partial charge < -0.3 is 4.57 Å². The number of hydrogen-bond acceptors (Lipinski definition) is 2. The monoisotopic (exact) mass is 230 g/mol. The Morgan fingerprint density at radius 1 is 1.29 bits per heavy atom. The third kappa shape index (κ3) is 2.11. The summed E-state index contributed by atoms with van der Waals surface area (Å²) < 4.78 is 24.3. The maximum Gasteiger partial charge on any atom is 0.105 e. The summed E-state index contributed by atoms with van der Waals surface area (Å²) in [6, 6.07) is 10.3. The van der Waals surface area contributed by atoms with E-state index in [1.54, 1.807) is 6.20 Å². The average Bonchev–Trinajstić information content (AvgIpc) is 2.83. The van der Waals surface area contributed by atoms with Crippen LogP contribution in [-0.4, -0.2) is 21.0 Å². The zero-order valence-electron chi connectivity index (χ0n) is 12.6. The SMILES string of the molecule is [2H]C([2H])([2H])c1ncc2n1CCN(Cc1ccccc1)C2. The van der Waals surface area contributed by atoms with Gasteiger partial charge in [0.05, 0.1) is 5.69 Å². The Bertz CT molecular complexity index is 589. The maximum atomic E-state index is 7.50. The standard InChI is InChI=1S/C14H17N3/c1-12-15-9-14-11-16(7-8-17(12)14)10-13-5-3-2-4-6-13/h2-6,9H,7-8,10-11H2,1H3/i1D3. The van der Waals surface area contributed by atoms with Gasteiger partial charge in [-0.05, 0) is 12.4 Å². The van der Waals surface area contributed by atoms with Crippen LogP contribution in [0.15, 0.2) is 36.5 Å². The molecule has 0 fully saturated rings. The molecule has 1 aromatic carbocycles. The summed E-state index contributed by atoms with van der Waals surface area (Å²) in [4.78, 5) is 6.40. The van der Waals surface area contributed by atoms with Crippen LogP contribution >= 0.6 is 0 Å². The predicted molar refractivity (Wildman–Crippen MR) is 67.5 cm³/mol. The summed E-state index contributed by atoms with van der Waals surface area (Å²) in [7, 11) is 0. The summed E-state index contributed by atoms with van der Waals surface area (Å²) in [5, 5.41) is 0. The quantitative estimate of drug-likeness (QED) is 0.788. The van der Waals surface area contributed by atoms with Gasteiger partial charge in [-0.15, -0.1) is 0 Å². The number of benzene rings is 1. The van der Waals surface area contributed by atoms with Crippen molar-refractivity contribution >= 4 is 0 Å². The fourth-order valence-electron chi connectivity index (χ4n) is 2.31. The third-order valence-corrected chi connectivity index (χ3v) is 3.21. The lowest BCUT2D eigenvalue weighted by molar-refractivity contribution is 0.212. The summed E-state index contributed by atoms with van der Waals surface area (Å²) in [5.74, 6) is 0.215. The van der Waals surface area contributed by atoms with Crippen molar-refractivity contribution in [1.29, 1.82) is 0 Å². The molecule has 88 valence electrons. The first-order valence-corrected chi connectivity index (χ1v) is 5.85. The molecule has 2 heterocycles. The second-order valence-electron chi connectivity index (χ2n) is 4.42. The molecule has 17 heavy (non-hydrogen) atoms. The van der Waals surface area contributed by atoms with Crippen LogP contribution in [0.4, 0.5) is 0 Å². The fraction of sp³-hybridized carbons (Fsp3) is 0.357. The smallest absolute Gasteiger partial charge is 0.105 e. The van der Waals surface area contributed by atoms with Gasteiger partial charge in [0.15, 0.2) is 0 Å². The zero-order chi connectivity index (χ0) is 14.2. The van der Waals surface area contributed by atoms with E-state index < -0.39 is 6.85 Å². The van der Waals surface area contributed by atoms with Crippen LogP contribution in [0.1, 0.15) is 21.2 Å². The molecule has 0 N–H and O–H groups in total. The second-order valence-corrected chi connectivity index (χ2v) is 4.42. The van der Waals surface area contributed by atoms with Crippen LogP contribution in [0, 0.1) is 6.85 Å². The molecule has 1 aliphatic heterocycles. The summed E-state index contributed by atoms with van der Waals surface area (Å²) in [5.41, 5.74) is 2.26. The fourth-order valence-corrected chi connectivity index (χ4v) is 2.31. The number of aromatic nitrogens is 2. The zero-order valence-corrected chi connectivity index (χ0v) is 9.63. The maximum absolute atomic E-state index is 7.50. The van der Waals surface area contributed by atoms with Crippen molar-refractivity contribution in [3.05, 3.63) is 53.6 Å². The van der Waals surface area contributed by atoms with E-state index in [0.717, 1.165) is 25.3 Å². The van der Waals surface area contributed by atoms with Crippen molar-refractivity contribution in [3.8, 4) is 0 Å². The van der Waals surface area contributed by atoms with E-state index in [1.165, 1.54) is 5.56 Å². The van der Waals surface area contributed by atoms with Crippen LogP contribution in [0.3, 0.4) is 0 Å².